The molecule has 3 amide bonds. The number of benzene rings is 1. The molecule has 166 valence electrons. The highest BCUT2D eigenvalue weighted by atomic mass is 16.5. The summed E-state index contributed by atoms with van der Waals surface area (Å²) in [4.78, 5) is 52.2. The minimum atomic E-state index is -0.760. The Labute approximate surface area is 179 Å². The van der Waals surface area contributed by atoms with Crippen molar-refractivity contribution in [3.05, 3.63) is 34.4 Å². The molecule has 0 saturated carbocycles. The van der Waals surface area contributed by atoms with Crippen LogP contribution in [-0.2, 0) is 14.3 Å². The van der Waals surface area contributed by atoms with Crippen LogP contribution in [0.4, 0.5) is 10.5 Å². The number of primary amides is 1. The lowest BCUT2D eigenvalue weighted by Gasteiger charge is -2.24. The molecule has 3 rings (SSSR count). The molecule has 0 aliphatic carbocycles. The summed E-state index contributed by atoms with van der Waals surface area (Å²) in [5, 5.41) is 6.01. The van der Waals surface area contributed by atoms with Gasteiger partial charge in [0.1, 0.15) is 11.9 Å². The van der Waals surface area contributed by atoms with E-state index in [0.717, 1.165) is 25.7 Å². The molecule has 1 saturated heterocycles. The molecule has 1 aliphatic rings. The summed E-state index contributed by atoms with van der Waals surface area (Å²) < 4.78 is 6.08. The number of fused-ring (bicyclic) bond motifs is 1. The number of nitrogens with zero attached hydrogens (tertiary/aromatic N) is 2. The van der Waals surface area contributed by atoms with Crippen molar-refractivity contribution in [1.82, 2.24) is 14.9 Å². The number of unbranched alkanes of at least 4 members (excludes halogenated alkanes) is 3. The van der Waals surface area contributed by atoms with Gasteiger partial charge in [-0.25, -0.2) is 9.78 Å². The second kappa shape index (κ2) is 10.1. The fourth-order valence-corrected chi connectivity index (χ4v) is 3.77. The third-order valence-corrected chi connectivity index (χ3v) is 5.26. The summed E-state index contributed by atoms with van der Waals surface area (Å²) in [6, 6.07) is 4.66. The Hall–Kier alpha value is -3.43. The molecule has 1 fully saturated rings. The van der Waals surface area contributed by atoms with Gasteiger partial charge in [0.15, 0.2) is 0 Å². The lowest BCUT2D eigenvalue weighted by atomic mass is 10.1. The largest absolute Gasteiger partial charge is 0.450 e. The van der Waals surface area contributed by atoms with E-state index < -0.39 is 18.0 Å². The number of hydrogen-bond donors (Lipinski definition) is 3. The number of nitrogens with one attached hydrogen (secondary N) is 2. The second-order valence-corrected chi connectivity index (χ2v) is 7.51. The van der Waals surface area contributed by atoms with Crippen LogP contribution in [0.5, 0.6) is 0 Å². The number of ether oxygens (including phenoxy) is 1. The third kappa shape index (κ3) is 5.39. The van der Waals surface area contributed by atoms with E-state index in [1.807, 2.05) is 12.1 Å². The van der Waals surface area contributed by atoms with Crippen molar-refractivity contribution < 1.29 is 19.1 Å². The topological polar surface area (TPSA) is 145 Å². The molecular formula is C21H27N5O5. The third-order valence-electron chi connectivity index (χ3n) is 5.26. The maximum atomic E-state index is 13.3. The average molecular weight is 429 g/mol. The molecule has 10 nitrogen and oxygen atoms in total. The van der Waals surface area contributed by atoms with E-state index in [1.165, 1.54) is 4.57 Å². The zero-order valence-corrected chi connectivity index (χ0v) is 17.5. The highest BCUT2D eigenvalue weighted by Crippen LogP contribution is 2.23. The number of rotatable bonds is 9. The fourth-order valence-electron chi connectivity index (χ4n) is 3.77. The Balaban J connectivity index is 1.71. The first kappa shape index (κ1) is 22.3. The van der Waals surface area contributed by atoms with Crippen LogP contribution < -0.4 is 21.9 Å². The van der Waals surface area contributed by atoms with Crippen molar-refractivity contribution in [2.24, 2.45) is 5.73 Å². The molecule has 0 radical (unpaired) electrons. The van der Waals surface area contributed by atoms with Crippen LogP contribution in [0.25, 0.3) is 10.9 Å². The normalized spacial score (nSPS) is 16.2. The molecule has 1 aromatic carbocycles. The summed E-state index contributed by atoms with van der Waals surface area (Å²) in [7, 11) is 0. The van der Waals surface area contributed by atoms with E-state index in [4.69, 9.17) is 10.5 Å². The minimum absolute atomic E-state index is 0.185. The summed E-state index contributed by atoms with van der Waals surface area (Å²) >= 11 is 0. The highest BCUT2D eigenvalue weighted by Gasteiger charge is 2.30. The Kier molecular flexibility index (Phi) is 7.22. The minimum Gasteiger partial charge on any atom is -0.450 e. The zero-order chi connectivity index (χ0) is 22.4. The van der Waals surface area contributed by atoms with Crippen LogP contribution in [0.3, 0.4) is 0 Å². The van der Waals surface area contributed by atoms with E-state index in [1.54, 1.807) is 13.0 Å². The SMILES string of the molecule is Cc1nc2cccc(NCCCCCCOC(N)=O)c2c(=O)n1C1CCC(=O)NC1=O. The fraction of sp³-hybridized carbons (Fsp3) is 0.476. The second-order valence-electron chi connectivity index (χ2n) is 7.51. The Morgan fingerprint density at radius 2 is 2.03 bits per heavy atom. The van der Waals surface area contributed by atoms with Gasteiger partial charge in [0, 0.05) is 18.7 Å². The van der Waals surface area contributed by atoms with Crippen molar-refractivity contribution in [3.63, 3.8) is 0 Å². The molecular weight excluding hydrogens is 402 g/mol. The van der Waals surface area contributed by atoms with E-state index >= 15 is 0 Å². The molecule has 0 bridgehead atoms. The van der Waals surface area contributed by atoms with E-state index in [-0.39, 0.29) is 24.3 Å². The standard InChI is InChI=1S/C21H27N5O5/c1-13-24-15-8-6-7-14(23-11-4-2-3-5-12-31-21(22)30)18(15)20(29)26(13)16-9-10-17(27)25-19(16)28/h6-8,16,23H,2-5,9-12H2,1H3,(H2,22,30)(H,25,27,28). The van der Waals surface area contributed by atoms with Crippen molar-refractivity contribution in [2.75, 3.05) is 18.5 Å². The van der Waals surface area contributed by atoms with Gasteiger partial charge in [0.05, 0.1) is 17.5 Å². The first-order valence-electron chi connectivity index (χ1n) is 10.4. The van der Waals surface area contributed by atoms with Crippen LogP contribution in [0.2, 0.25) is 0 Å². The molecule has 31 heavy (non-hydrogen) atoms. The number of aromatic nitrogens is 2. The summed E-state index contributed by atoms with van der Waals surface area (Å²) in [5.74, 6) is -0.375. The Morgan fingerprint density at radius 3 is 2.77 bits per heavy atom. The molecule has 1 unspecified atom stereocenters. The Bertz CT molecular complexity index is 1050. The molecule has 2 heterocycles. The van der Waals surface area contributed by atoms with Gasteiger partial charge < -0.3 is 15.8 Å². The summed E-state index contributed by atoms with van der Waals surface area (Å²) in [5.41, 5.74) is 5.83. The quantitative estimate of drug-likeness (QED) is 0.407. The van der Waals surface area contributed by atoms with Gasteiger partial charge in [-0.15, -0.1) is 0 Å². The predicted octanol–water partition coefficient (Wildman–Crippen LogP) is 1.75. The van der Waals surface area contributed by atoms with Crippen molar-refractivity contribution >= 4 is 34.5 Å². The van der Waals surface area contributed by atoms with Gasteiger partial charge in [-0.1, -0.05) is 12.5 Å². The van der Waals surface area contributed by atoms with Crippen LogP contribution in [0.15, 0.2) is 23.0 Å². The van der Waals surface area contributed by atoms with Gasteiger partial charge >= 0.3 is 6.09 Å². The van der Waals surface area contributed by atoms with E-state index in [2.05, 4.69) is 15.6 Å². The average Bonchev–Trinajstić information content (AvgIpc) is 2.71. The summed E-state index contributed by atoms with van der Waals surface area (Å²) in [6.45, 7) is 2.66. The van der Waals surface area contributed by atoms with Gasteiger partial charge in [-0.05, 0) is 44.7 Å². The Morgan fingerprint density at radius 1 is 1.26 bits per heavy atom. The lowest BCUT2D eigenvalue weighted by molar-refractivity contribution is -0.135. The number of carbonyl (C=O) groups excluding carboxylic acids is 3. The predicted molar refractivity (Wildman–Crippen MR) is 115 cm³/mol. The maximum absolute atomic E-state index is 13.3. The van der Waals surface area contributed by atoms with Gasteiger partial charge in [0.25, 0.3) is 5.56 Å². The number of anilines is 1. The first-order chi connectivity index (χ1) is 14.9. The molecule has 1 aliphatic heterocycles. The van der Waals surface area contributed by atoms with Gasteiger partial charge in [-0.2, -0.15) is 0 Å². The van der Waals surface area contributed by atoms with Crippen molar-refractivity contribution in [2.45, 2.75) is 51.5 Å². The number of piperidine rings is 1. The van der Waals surface area contributed by atoms with Crippen LogP contribution in [0, 0.1) is 6.92 Å². The molecule has 1 atom stereocenters. The van der Waals surface area contributed by atoms with E-state index in [0.29, 0.717) is 35.6 Å². The highest BCUT2D eigenvalue weighted by molar-refractivity contribution is 5.99. The molecule has 0 spiro atoms. The molecule has 1 aromatic heterocycles. The number of carbonyl (C=O) groups is 3. The smallest absolute Gasteiger partial charge is 0.404 e. The molecule has 2 aromatic rings. The number of amides is 3. The maximum Gasteiger partial charge on any atom is 0.404 e. The molecule has 10 heteroatoms. The first-order valence-corrected chi connectivity index (χ1v) is 10.4. The van der Waals surface area contributed by atoms with Gasteiger partial charge in [0.2, 0.25) is 11.8 Å². The van der Waals surface area contributed by atoms with Crippen molar-refractivity contribution in [3.8, 4) is 0 Å². The van der Waals surface area contributed by atoms with E-state index in [9.17, 15) is 19.2 Å². The van der Waals surface area contributed by atoms with Crippen LogP contribution >= 0.6 is 0 Å². The number of aryl methyl sites for hydroxylation is 1. The lowest BCUT2D eigenvalue weighted by Crippen LogP contribution is -2.45. The number of hydrogen-bond acceptors (Lipinski definition) is 7. The van der Waals surface area contributed by atoms with Crippen LogP contribution in [-0.4, -0.2) is 40.6 Å². The van der Waals surface area contributed by atoms with Crippen molar-refractivity contribution in [1.29, 1.82) is 0 Å². The zero-order valence-electron chi connectivity index (χ0n) is 17.5. The van der Waals surface area contributed by atoms with Crippen LogP contribution in [0.1, 0.15) is 50.4 Å². The summed E-state index contributed by atoms with van der Waals surface area (Å²) in [6.07, 6.45) is 3.14. The number of nitrogens with two attached hydrogens (primary N) is 1. The molecule has 4 N–H and O–H groups in total. The number of imide groups is 1. The van der Waals surface area contributed by atoms with Gasteiger partial charge in [-0.3, -0.25) is 24.3 Å². The monoisotopic (exact) mass is 429 g/mol.